The Balaban J connectivity index is 1.40. The lowest BCUT2D eigenvalue weighted by Gasteiger charge is -2.36. The van der Waals surface area contributed by atoms with E-state index in [-0.39, 0.29) is 34.0 Å². The van der Waals surface area contributed by atoms with Crippen molar-refractivity contribution in [2.45, 2.75) is 20.4 Å². The lowest BCUT2D eigenvalue weighted by molar-refractivity contribution is 0.0964. The summed E-state index contributed by atoms with van der Waals surface area (Å²) in [5.41, 5.74) is 4.41. The minimum Gasteiger partial charge on any atom is -0.455 e. The van der Waals surface area contributed by atoms with Gasteiger partial charge >= 0.3 is 0 Å². The van der Waals surface area contributed by atoms with Gasteiger partial charge < -0.3 is 9.73 Å². The Kier molecular flexibility index (Phi) is 7.61. The first-order chi connectivity index (χ1) is 24.3. The molecule has 0 unspecified atom stereocenters. The molecular weight excluding hydrogens is 675 g/mol. The van der Waals surface area contributed by atoms with Crippen LogP contribution in [0.15, 0.2) is 71.1 Å². The van der Waals surface area contributed by atoms with Gasteiger partial charge in [0.05, 0.1) is 51.9 Å². The van der Waals surface area contributed by atoms with Gasteiger partial charge in [-0.2, -0.15) is 0 Å². The van der Waals surface area contributed by atoms with Crippen molar-refractivity contribution in [3.05, 3.63) is 95.3 Å². The third-order valence-electron chi connectivity index (χ3n) is 9.66. The summed E-state index contributed by atoms with van der Waals surface area (Å²) in [5, 5.41) is 3.39. The predicted molar refractivity (Wildman–Crippen MR) is 194 cm³/mol. The van der Waals surface area contributed by atoms with Gasteiger partial charge in [-0.05, 0) is 66.9 Å². The highest BCUT2D eigenvalue weighted by Gasteiger charge is 2.29. The molecule has 0 spiro atoms. The van der Waals surface area contributed by atoms with Crippen molar-refractivity contribution in [1.29, 1.82) is 0 Å². The molecule has 0 bridgehead atoms. The van der Waals surface area contributed by atoms with Gasteiger partial charge in [-0.15, -0.1) is 0 Å². The van der Waals surface area contributed by atoms with E-state index in [4.69, 9.17) is 14.4 Å². The molecule has 13 heteroatoms. The van der Waals surface area contributed by atoms with Gasteiger partial charge in [0.2, 0.25) is 10.0 Å². The molecule has 1 amide bonds. The first kappa shape index (κ1) is 32.8. The molecule has 4 aromatic heterocycles. The molecule has 0 aliphatic carbocycles. The molecule has 260 valence electrons. The van der Waals surface area contributed by atoms with Gasteiger partial charge in [0.25, 0.3) is 5.91 Å². The molecular formula is C38H34F2N6O4S. The second-order valence-corrected chi connectivity index (χ2v) is 15.4. The number of benzene rings is 3. The predicted octanol–water partition coefficient (Wildman–Crippen LogP) is 6.91. The number of fused-ring (bicyclic) bond motifs is 6. The fourth-order valence-corrected chi connectivity index (χ4v) is 7.61. The first-order valence-corrected chi connectivity index (χ1v) is 18.3. The molecule has 51 heavy (non-hydrogen) atoms. The minimum absolute atomic E-state index is 0.00960. The Morgan fingerprint density at radius 3 is 2.47 bits per heavy atom. The molecule has 5 heterocycles. The van der Waals surface area contributed by atoms with E-state index in [1.54, 1.807) is 43.3 Å². The number of hydrogen-bond acceptors (Lipinski definition) is 7. The van der Waals surface area contributed by atoms with E-state index in [0.29, 0.717) is 62.1 Å². The number of nitrogens with one attached hydrogen (secondary N) is 1. The van der Waals surface area contributed by atoms with E-state index < -0.39 is 21.7 Å². The van der Waals surface area contributed by atoms with Crippen molar-refractivity contribution in [3.63, 3.8) is 0 Å². The lowest BCUT2D eigenvalue weighted by atomic mass is 10.00. The molecule has 7 aromatic rings. The Morgan fingerprint density at radius 2 is 1.76 bits per heavy atom. The van der Waals surface area contributed by atoms with Crippen LogP contribution in [0.1, 0.15) is 28.7 Å². The van der Waals surface area contributed by atoms with Crippen LogP contribution in [0, 0.1) is 24.5 Å². The smallest absolute Gasteiger partial charge is 0.255 e. The quantitative estimate of drug-likeness (QED) is 0.192. The molecule has 0 atom stereocenters. The van der Waals surface area contributed by atoms with Crippen molar-refractivity contribution in [2.75, 3.05) is 37.7 Å². The average molecular weight is 709 g/mol. The zero-order valence-electron chi connectivity index (χ0n) is 28.6. The van der Waals surface area contributed by atoms with E-state index in [1.807, 2.05) is 16.5 Å². The van der Waals surface area contributed by atoms with Crippen LogP contribution in [0.4, 0.5) is 14.5 Å². The third kappa shape index (κ3) is 5.38. The molecule has 8 rings (SSSR count). The fourth-order valence-electron chi connectivity index (χ4n) is 7.10. The number of hydrogen-bond donors (Lipinski definition) is 1. The number of anilines is 1. The molecule has 1 aliphatic heterocycles. The number of carbonyl (C=O) groups is 1. The van der Waals surface area contributed by atoms with Crippen LogP contribution >= 0.6 is 0 Å². The number of nitrogens with zero attached hydrogens (tertiary/aromatic N) is 5. The highest BCUT2D eigenvalue weighted by molar-refractivity contribution is 7.92. The van der Waals surface area contributed by atoms with Crippen molar-refractivity contribution in [3.8, 4) is 22.6 Å². The van der Waals surface area contributed by atoms with E-state index in [1.165, 1.54) is 32.3 Å². The third-order valence-corrected chi connectivity index (χ3v) is 10.9. The van der Waals surface area contributed by atoms with Crippen molar-refractivity contribution in [2.24, 2.45) is 5.92 Å². The SMILES string of the molecule is CNC(=O)c1c(-c2ccc(C)cc2F)oc2cc(N(C)S(C)(=O)=O)c(-c3ccc4nc(CN5CC(C)C5)n5c6cccc(F)c6cc5c4n3)cc12. The maximum Gasteiger partial charge on any atom is 0.255 e. The Labute approximate surface area is 292 Å². The summed E-state index contributed by atoms with van der Waals surface area (Å²) in [6.45, 7) is 6.41. The van der Waals surface area contributed by atoms with Crippen molar-refractivity contribution >= 4 is 60.0 Å². The largest absolute Gasteiger partial charge is 0.455 e. The average Bonchev–Trinajstić information content (AvgIpc) is 3.66. The van der Waals surface area contributed by atoms with E-state index in [0.717, 1.165) is 29.5 Å². The normalized spacial score (nSPS) is 14.2. The van der Waals surface area contributed by atoms with Crippen LogP contribution < -0.4 is 9.62 Å². The number of amides is 1. The molecule has 1 saturated heterocycles. The van der Waals surface area contributed by atoms with E-state index >= 15 is 8.78 Å². The Bertz CT molecular complexity index is 2700. The molecule has 0 saturated carbocycles. The number of rotatable bonds is 7. The van der Waals surface area contributed by atoms with E-state index in [2.05, 4.69) is 17.1 Å². The summed E-state index contributed by atoms with van der Waals surface area (Å²) in [6.07, 6.45) is 1.08. The molecule has 0 radical (unpaired) electrons. The maximum atomic E-state index is 15.3. The Morgan fingerprint density at radius 1 is 0.980 bits per heavy atom. The van der Waals surface area contributed by atoms with Crippen LogP contribution in [-0.2, 0) is 16.6 Å². The fraction of sp³-hybridized carbons (Fsp3) is 0.237. The van der Waals surface area contributed by atoms with Crippen molar-refractivity contribution in [1.82, 2.24) is 24.6 Å². The number of sulfonamides is 1. The zero-order valence-corrected chi connectivity index (χ0v) is 29.4. The standard InChI is InChI=1S/C38H34F2N6O4S/c1-20-9-10-22(27(40)13-20)37-35(38(47)41-3)25-14-24(31(16-33(25)50-37)44(4)51(5,48)49)28-11-12-29-36(43-28)32-15-23-26(39)7-6-8-30(23)46(32)34(42-29)19-45-17-21(2)18-45/h6-16,21H,17-19H2,1-5H3,(H,41,47). The number of carbonyl (C=O) groups excluding carboxylic acids is 1. The summed E-state index contributed by atoms with van der Waals surface area (Å²) in [7, 11) is -0.921. The number of furan rings is 1. The van der Waals surface area contributed by atoms with Crippen molar-refractivity contribution < 1.29 is 26.4 Å². The van der Waals surface area contributed by atoms with Gasteiger partial charge in [-0.3, -0.25) is 18.4 Å². The molecule has 1 aliphatic rings. The molecule has 1 fully saturated rings. The molecule has 10 nitrogen and oxygen atoms in total. The van der Waals surface area contributed by atoms with Crippen LogP contribution in [0.2, 0.25) is 0 Å². The number of aryl methyl sites for hydroxylation is 1. The second kappa shape index (κ2) is 11.8. The summed E-state index contributed by atoms with van der Waals surface area (Å²) in [6, 6.07) is 18.0. The van der Waals surface area contributed by atoms with Crippen LogP contribution in [0.3, 0.4) is 0 Å². The molecule has 3 aromatic carbocycles. The van der Waals surface area contributed by atoms with Gasteiger partial charge in [-0.25, -0.2) is 27.2 Å². The number of aromatic nitrogens is 3. The number of pyridine rings is 1. The second-order valence-electron chi connectivity index (χ2n) is 13.4. The highest BCUT2D eigenvalue weighted by atomic mass is 32.2. The monoisotopic (exact) mass is 708 g/mol. The van der Waals surface area contributed by atoms with Gasteiger partial charge in [-0.1, -0.05) is 19.1 Å². The summed E-state index contributed by atoms with van der Waals surface area (Å²) in [5.74, 6) is -0.0962. The number of halogens is 2. The Hall–Kier alpha value is -5.40. The maximum absolute atomic E-state index is 15.3. The summed E-state index contributed by atoms with van der Waals surface area (Å²) in [4.78, 5) is 25.8. The van der Waals surface area contributed by atoms with Gasteiger partial charge in [0.15, 0.2) is 5.76 Å². The van der Waals surface area contributed by atoms with Crippen LogP contribution in [-0.4, -0.2) is 67.0 Å². The minimum atomic E-state index is -3.80. The molecule has 1 N–H and O–H groups in total. The van der Waals surface area contributed by atoms with Gasteiger partial charge in [0.1, 0.15) is 28.6 Å². The van der Waals surface area contributed by atoms with Crippen LogP contribution in [0.5, 0.6) is 0 Å². The van der Waals surface area contributed by atoms with Gasteiger partial charge in [0, 0.05) is 49.6 Å². The summed E-state index contributed by atoms with van der Waals surface area (Å²) >= 11 is 0. The van der Waals surface area contributed by atoms with Crippen LogP contribution in [0.25, 0.3) is 61.0 Å². The first-order valence-electron chi connectivity index (χ1n) is 16.5. The lowest BCUT2D eigenvalue weighted by Crippen LogP contribution is -2.44. The number of likely N-dealkylation sites (tertiary alicyclic amines) is 1. The topological polar surface area (TPSA) is 113 Å². The zero-order chi connectivity index (χ0) is 35.9. The summed E-state index contributed by atoms with van der Waals surface area (Å²) < 4.78 is 65.7. The van der Waals surface area contributed by atoms with E-state index in [9.17, 15) is 13.2 Å². The highest BCUT2D eigenvalue weighted by Crippen LogP contribution is 2.42.